The van der Waals surface area contributed by atoms with E-state index in [1.165, 1.54) is 6.07 Å². The first-order valence-corrected chi connectivity index (χ1v) is 9.46. The van der Waals surface area contributed by atoms with Crippen molar-refractivity contribution in [1.29, 1.82) is 0 Å². The lowest BCUT2D eigenvalue weighted by atomic mass is 10.1. The number of methoxy groups -OCH3 is 1. The zero-order valence-electron chi connectivity index (χ0n) is 15.4. The van der Waals surface area contributed by atoms with Gasteiger partial charge in [-0.3, -0.25) is 10.4 Å². The standard InChI is InChI=1S/C19H23FN4OS/c1-12(10-25-4)21-19-23-22-17(11-26-19)15-9-13(2)24(14(15)3)18-8-6-5-7-16(18)20/h5-9,12H,10-11H2,1-4H3,(H,21,23)/t12-/m1/s1. The summed E-state index contributed by atoms with van der Waals surface area (Å²) >= 11 is 1.61. The van der Waals surface area contributed by atoms with Crippen LogP contribution in [0, 0.1) is 19.7 Å². The minimum absolute atomic E-state index is 0.0814. The maximum absolute atomic E-state index is 14.2. The number of benzene rings is 1. The molecule has 7 heteroatoms. The smallest absolute Gasteiger partial charge is 0.177 e. The molecular weight excluding hydrogens is 351 g/mol. The molecule has 1 atom stereocenters. The van der Waals surface area contributed by atoms with Gasteiger partial charge >= 0.3 is 0 Å². The Labute approximate surface area is 157 Å². The van der Waals surface area contributed by atoms with Crippen molar-refractivity contribution in [3.05, 3.63) is 53.1 Å². The molecule has 2 heterocycles. The first-order valence-electron chi connectivity index (χ1n) is 8.47. The van der Waals surface area contributed by atoms with E-state index in [4.69, 9.17) is 4.74 Å². The zero-order valence-corrected chi connectivity index (χ0v) is 16.2. The normalized spacial score (nSPS) is 17.1. The van der Waals surface area contributed by atoms with E-state index in [0.717, 1.165) is 27.8 Å². The summed E-state index contributed by atoms with van der Waals surface area (Å²) in [5.74, 6) is 0.480. The van der Waals surface area contributed by atoms with Crippen molar-refractivity contribution >= 4 is 22.6 Å². The summed E-state index contributed by atoms with van der Waals surface area (Å²) in [5, 5.41) is 5.29. The molecule has 138 valence electrons. The van der Waals surface area contributed by atoms with Crippen molar-refractivity contribution in [3.63, 3.8) is 0 Å². The highest BCUT2D eigenvalue weighted by Crippen LogP contribution is 2.25. The highest BCUT2D eigenvalue weighted by atomic mass is 32.2. The number of nitrogens with zero attached hydrogens (tertiary/aromatic N) is 3. The number of para-hydroxylation sites is 1. The van der Waals surface area contributed by atoms with Crippen LogP contribution in [0.2, 0.25) is 0 Å². The predicted octanol–water partition coefficient (Wildman–Crippen LogP) is 3.66. The molecule has 0 saturated heterocycles. The Morgan fingerprint density at radius 1 is 1.38 bits per heavy atom. The summed E-state index contributed by atoms with van der Waals surface area (Å²) in [6.07, 6.45) is 0. The number of amidine groups is 1. The van der Waals surface area contributed by atoms with Gasteiger partial charge in [0.05, 0.1) is 24.0 Å². The number of ether oxygens (including phenoxy) is 1. The van der Waals surface area contributed by atoms with Gasteiger partial charge in [0.1, 0.15) is 5.82 Å². The van der Waals surface area contributed by atoms with E-state index in [0.29, 0.717) is 18.0 Å². The maximum Gasteiger partial charge on any atom is 0.177 e. The SMILES string of the molecule is COC[C@@H](C)N=C1NN=C(c2cc(C)n(-c3ccccc3F)c2C)CS1. The van der Waals surface area contributed by atoms with E-state index in [-0.39, 0.29) is 11.9 Å². The monoisotopic (exact) mass is 374 g/mol. The number of hydrogen-bond acceptors (Lipinski definition) is 4. The van der Waals surface area contributed by atoms with Crippen LogP contribution in [0.25, 0.3) is 5.69 Å². The number of hydrazone groups is 1. The Hall–Kier alpha value is -2.12. The van der Waals surface area contributed by atoms with Crippen LogP contribution in [0.3, 0.4) is 0 Å². The van der Waals surface area contributed by atoms with Crippen LogP contribution in [0.1, 0.15) is 23.9 Å². The second-order valence-corrected chi connectivity index (χ2v) is 7.23. The van der Waals surface area contributed by atoms with Gasteiger partial charge in [-0.15, -0.1) is 0 Å². The van der Waals surface area contributed by atoms with Crippen LogP contribution < -0.4 is 5.43 Å². The molecule has 0 radical (unpaired) electrons. The number of halogens is 1. The van der Waals surface area contributed by atoms with Crippen LogP contribution in [0.4, 0.5) is 4.39 Å². The third-order valence-corrected chi connectivity index (χ3v) is 5.10. The molecule has 1 aromatic carbocycles. The molecular formula is C19H23FN4OS. The van der Waals surface area contributed by atoms with Gasteiger partial charge in [0.15, 0.2) is 5.17 Å². The first kappa shape index (κ1) is 18.7. The Bertz CT molecular complexity index is 859. The molecule has 0 fully saturated rings. The summed E-state index contributed by atoms with van der Waals surface area (Å²) in [6, 6.07) is 8.95. The summed E-state index contributed by atoms with van der Waals surface area (Å²) in [4.78, 5) is 4.54. The number of aromatic nitrogens is 1. The fourth-order valence-corrected chi connectivity index (χ4v) is 3.92. The minimum Gasteiger partial charge on any atom is -0.382 e. The average molecular weight is 374 g/mol. The number of thioether (sulfide) groups is 1. The molecule has 1 aliphatic heterocycles. The third-order valence-electron chi connectivity index (χ3n) is 4.21. The van der Waals surface area contributed by atoms with Crippen LogP contribution in [0.5, 0.6) is 0 Å². The highest BCUT2D eigenvalue weighted by molar-refractivity contribution is 8.14. The molecule has 1 aliphatic rings. The summed E-state index contributed by atoms with van der Waals surface area (Å²) < 4.78 is 21.3. The molecule has 0 bridgehead atoms. The summed E-state index contributed by atoms with van der Waals surface area (Å²) in [6.45, 7) is 6.55. The molecule has 5 nitrogen and oxygen atoms in total. The number of rotatable bonds is 5. The number of aliphatic imine (C=N–C) groups is 1. The largest absolute Gasteiger partial charge is 0.382 e. The topological polar surface area (TPSA) is 50.9 Å². The van der Waals surface area contributed by atoms with E-state index in [1.54, 1.807) is 31.0 Å². The maximum atomic E-state index is 14.2. The predicted molar refractivity (Wildman–Crippen MR) is 106 cm³/mol. The van der Waals surface area contributed by atoms with Crippen molar-refractivity contribution in [2.24, 2.45) is 10.1 Å². The number of hydrogen-bond donors (Lipinski definition) is 1. The van der Waals surface area contributed by atoms with Gasteiger partial charge < -0.3 is 9.30 Å². The van der Waals surface area contributed by atoms with Crippen molar-refractivity contribution < 1.29 is 9.13 Å². The Morgan fingerprint density at radius 2 is 2.15 bits per heavy atom. The molecule has 0 aliphatic carbocycles. The van der Waals surface area contributed by atoms with Crippen molar-refractivity contribution in [3.8, 4) is 5.69 Å². The first-order chi connectivity index (χ1) is 12.5. The lowest BCUT2D eigenvalue weighted by Gasteiger charge is -2.17. The van der Waals surface area contributed by atoms with Crippen molar-refractivity contribution in [1.82, 2.24) is 9.99 Å². The quantitative estimate of drug-likeness (QED) is 0.869. The second kappa shape index (κ2) is 8.05. The number of aryl methyl sites for hydroxylation is 1. The van der Waals surface area contributed by atoms with Gasteiger partial charge in [0.25, 0.3) is 0 Å². The molecule has 1 N–H and O–H groups in total. The van der Waals surface area contributed by atoms with Gasteiger partial charge in [-0.05, 0) is 39.0 Å². The lowest BCUT2D eigenvalue weighted by molar-refractivity contribution is 0.186. The summed E-state index contributed by atoms with van der Waals surface area (Å²) in [5.41, 5.74) is 7.49. The van der Waals surface area contributed by atoms with Crippen molar-refractivity contribution in [2.75, 3.05) is 19.5 Å². The molecule has 0 unspecified atom stereocenters. The van der Waals surface area contributed by atoms with E-state index >= 15 is 0 Å². The fraction of sp³-hybridized carbons (Fsp3) is 0.368. The molecule has 26 heavy (non-hydrogen) atoms. The zero-order chi connectivity index (χ0) is 18.7. The van der Waals surface area contributed by atoms with Gasteiger partial charge in [-0.25, -0.2) is 4.39 Å². The second-order valence-electron chi connectivity index (χ2n) is 6.27. The molecule has 1 aromatic heterocycles. The molecule has 0 spiro atoms. The van der Waals surface area contributed by atoms with Gasteiger partial charge in [-0.2, -0.15) is 5.10 Å². The van der Waals surface area contributed by atoms with E-state index < -0.39 is 0 Å². The van der Waals surface area contributed by atoms with Gasteiger partial charge in [0, 0.05) is 29.8 Å². The van der Waals surface area contributed by atoms with Gasteiger partial charge in [0.2, 0.25) is 0 Å². The molecule has 3 rings (SSSR count). The Balaban J connectivity index is 1.87. The highest BCUT2D eigenvalue weighted by Gasteiger charge is 2.20. The van der Waals surface area contributed by atoms with E-state index in [9.17, 15) is 4.39 Å². The van der Waals surface area contributed by atoms with Crippen LogP contribution >= 0.6 is 11.8 Å². The van der Waals surface area contributed by atoms with Crippen LogP contribution in [-0.4, -0.2) is 41.0 Å². The molecule has 2 aromatic rings. The van der Waals surface area contributed by atoms with Crippen molar-refractivity contribution in [2.45, 2.75) is 26.8 Å². The lowest BCUT2D eigenvalue weighted by Crippen LogP contribution is -2.27. The van der Waals surface area contributed by atoms with E-state index in [2.05, 4.69) is 21.6 Å². The third kappa shape index (κ3) is 3.83. The Kier molecular flexibility index (Phi) is 5.78. The average Bonchev–Trinajstić information content (AvgIpc) is 2.91. The van der Waals surface area contributed by atoms with Gasteiger partial charge in [-0.1, -0.05) is 23.9 Å². The fourth-order valence-electron chi connectivity index (χ4n) is 3.06. The molecule has 0 amide bonds. The molecule has 0 saturated carbocycles. The van der Waals surface area contributed by atoms with Crippen LogP contribution in [-0.2, 0) is 4.74 Å². The van der Waals surface area contributed by atoms with Crippen LogP contribution in [0.15, 0.2) is 40.4 Å². The minimum atomic E-state index is -0.236. The van der Waals surface area contributed by atoms with E-state index in [1.807, 2.05) is 31.4 Å². The Morgan fingerprint density at radius 3 is 2.81 bits per heavy atom. The summed E-state index contributed by atoms with van der Waals surface area (Å²) in [7, 11) is 1.67. The number of nitrogens with one attached hydrogen (secondary N) is 1.